The molecule has 0 saturated carbocycles. The topological polar surface area (TPSA) is 158 Å². The number of urea groups is 2. The molecule has 0 fully saturated rings. The average molecular weight is 392 g/mol. The fourth-order valence-corrected chi connectivity index (χ4v) is 3.27. The summed E-state index contributed by atoms with van der Waals surface area (Å²) in [5.74, 6) is 0.702. The number of fused-ring (bicyclic) bond motifs is 3. The summed E-state index contributed by atoms with van der Waals surface area (Å²) < 4.78 is 5.18. The summed E-state index contributed by atoms with van der Waals surface area (Å²) in [6.07, 6.45) is 0. The number of rotatable bonds is 3. The number of methoxy groups -OCH3 is 1. The number of primary amides is 1. The molecule has 0 atom stereocenters. The molecule has 0 saturated heterocycles. The Hall–Kier alpha value is -4.34. The van der Waals surface area contributed by atoms with Crippen molar-refractivity contribution in [3.05, 3.63) is 42.5 Å². The number of hydrogen-bond donors (Lipinski definition) is 5. The maximum atomic E-state index is 11.9. The minimum atomic E-state index is -1.08. The van der Waals surface area contributed by atoms with E-state index in [9.17, 15) is 14.7 Å². The van der Waals surface area contributed by atoms with Gasteiger partial charge in [0.2, 0.25) is 0 Å². The molecule has 0 spiro atoms. The number of aromatic hydroxyl groups is 1. The number of aromatic amines is 2. The summed E-state index contributed by atoms with van der Waals surface area (Å²) in [5.41, 5.74) is 7.93. The third-order valence-corrected chi connectivity index (χ3v) is 4.48. The van der Waals surface area contributed by atoms with E-state index in [1.54, 1.807) is 25.3 Å². The lowest BCUT2D eigenvalue weighted by atomic mass is 10.1. The molecule has 10 heteroatoms. The highest BCUT2D eigenvalue weighted by atomic mass is 16.5. The first-order valence-corrected chi connectivity index (χ1v) is 8.50. The molecule has 2 aromatic carbocycles. The van der Waals surface area contributed by atoms with Crippen LogP contribution >= 0.6 is 0 Å². The Bertz CT molecular complexity index is 1220. The molecule has 0 aromatic heterocycles. The maximum Gasteiger partial charge on any atom is 0.364 e. The minimum Gasteiger partial charge on any atom is -0.506 e. The molecule has 0 radical (unpaired) electrons. The van der Waals surface area contributed by atoms with Gasteiger partial charge in [-0.05, 0) is 30.3 Å². The molecule has 0 bridgehead atoms. The van der Waals surface area contributed by atoms with Crippen molar-refractivity contribution in [2.75, 3.05) is 12.4 Å². The Morgan fingerprint density at radius 1 is 1.07 bits per heavy atom. The van der Waals surface area contributed by atoms with Gasteiger partial charge in [0.1, 0.15) is 11.5 Å². The number of nitrogens with zero attached hydrogens (tertiary/aromatic N) is 2. The van der Waals surface area contributed by atoms with Crippen molar-refractivity contribution in [1.29, 1.82) is 0 Å². The first-order valence-electron chi connectivity index (χ1n) is 8.50. The summed E-state index contributed by atoms with van der Waals surface area (Å²) in [7, 11) is 1.59. The fourth-order valence-electron chi connectivity index (χ4n) is 3.27. The SMILES string of the molecule is COc1ccc(-c2[nH][nH]c3c4cccc(NC(=O)N=NC(N)=O)c4c(O)c2-3)cc1. The number of carbonyl (C=O) groups is 2. The number of amides is 4. The van der Waals surface area contributed by atoms with Crippen LogP contribution in [0.1, 0.15) is 0 Å². The number of anilines is 1. The largest absolute Gasteiger partial charge is 0.506 e. The van der Waals surface area contributed by atoms with Crippen LogP contribution in [0.5, 0.6) is 11.5 Å². The second-order valence-corrected chi connectivity index (χ2v) is 6.15. The number of ether oxygens (including phenoxy) is 1. The van der Waals surface area contributed by atoms with E-state index >= 15 is 0 Å². The molecule has 0 unspecified atom stereocenters. The average Bonchev–Trinajstić information content (AvgIpc) is 3.27. The van der Waals surface area contributed by atoms with E-state index in [1.165, 1.54) is 0 Å². The summed E-state index contributed by atoms with van der Waals surface area (Å²) in [4.78, 5) is 22.5. The Kier molecular flexibility index (Phi) is 4.36. The molecule has 2 aliphatic rings. The standard InChI is InChI=1S/C19H16N6O4/c1-29-10-7-5-9(6-8-10)15-14-16(23-22-15)11-3-2-4-12(13(11)17(14)26)21-19(28)25-24-18(20)27/h2-8,22-23,26H,1H3,(H2,20,27)(H,21,28). The highest BCUT2D eigenvalue weighted by Crippen LogP contribution is 2.49. The van der Waals surface area contributed by atoms with Crippen LogP contribution in [0, 0.1) is 0 Å². The molecular formula is C19H16N6O4. The van der Waals surface area contributed by atoms with Gasteiger partial charge in [0.25, 0.3) is 0 Å². The zero-order valence-corrected chi connectivity index (χ0v) is 15.2. The summed E-state index contributed by atoms with van der Waals surface area (Å²) in [6.45, 7) is 0. The van der Waals surface area contributed by atoms with E-state index in [-0.39, 0.29) is 5.75 Å². The van der Waals surface area contributed by atoms with Crippen LogP contribution in [0.4, 0.5) is 15.3 Å². The van der Waals surface area contributed by atoms with Gasteiger partial charge in [0.05, 0.1) is 35.1 Å². The van der Waals surface area contributed by atoms with Crippen LogP contribution in [-0.2, 0) is 0 Å². The van der Waals surface area contributed by atoms with Crippen molar-refractivity contribution in [2.24, 2.45) is 16.0 Å². The van der Waals surface area contributed by atoms with E-state index in [2.05, 4.69) is 25.7 Å². The van der Waals surface area contributed by atoms with Crippen LogP contribution in [-0.4, -0.2) is 34.5 Å². The second kappa shape index (κ2) is 7.00. The van der Waals surface area contributed by atoms with Gasteiger partial charge in [-0.25, -0.2) is 9.59 Å². The Balaban J connectivity index is 1.81. The predicted octanol–water partition coefficient (Wildman–Crippen LogP) is 4.04. The van der Waals surface area contributed by atoms with Gasteiger partial charge in [-0.15, -0.1) is 0 Å². The predicted molar refractivity (Wildman–Crippen MR) is 106 cm³/mol. The molecule has 1 aliphatic heterocycles. The molecule has 2 aromatic rings. The third-order valence-electron chi connectivity index (χ3n) is 4.48. The van der Waals surface area contributed by atoms with E-state index in [0.717, 1.165) is 5.56 Å². The van der Waals surface area contributed by atoms with Crippen LogP contribution < -0.4 is 15.8 Å². The fraction of sp³-hybridized carbons (Fsp3) is 0.0526. The normalized spacial score (nSPS) is 11.3. The van der Waals surface area contributed by atoms with Crippen LogP contribution in [0.3, 0.4) is 0 Å². The molecule has 4 amide bonds. The van der Waals surface area contributed by atoms with Crippen LogP contribution in [0.2, 0.25) is 0 Å². The number of benzene rings is 2. The second-order valence-electron chi connectivity index (χ2n) is 6.15. The zero-order valence-electron chi connectivity index (χ0n) is 15.2. The van der Waals surface area contributed by atoms with Crippen LogP contribution in [0.15, 0.2) is 52.7 Å². The lowest BCUT2D eigenvalue weighted by molar-refractivity contribution is 0.250. The van der Waals surface area contributed by atoms with Gasteiger partial charge in [-0.2, -0.15) is 0 Å². The Labute approximate surface area is 163 Å². The van der Waals surface area contributed by atoms with Crippen molar-refractivity contribution in [3.8, 4) is 34.0 Å². The van der Waals surface area contributed by atoms with Crippen molar-refractivity contribution >= 4 is 28.5 Å². The summed E-state index contributed by atoms with van der Waals surface area (Å²) >= 11 is 0. The Morgan fingerprint density at radius 3 is 2.48 bits per heavy atom. The summed E-state index contributed by atoms with van der Waals surface area (Å²) in [6, 6.07) is 10.5. The van der Waals surface area contributed by atoms with Crippen molar-refractivity contribution in [1.82, 2.24) is 10.2 Å². The van der Waals surface area contributed by atoms with E-state index in [4.69, 9.17) is 10.5 Å². The highest BCUT2D eigenvalue weighted by Gasteiger charge is 2.26. The third kappa shape index (κ3) is 3.12. The van der Waals surface area contributed by atoms with Gasteiger partial charge in [0.15, 0.2) is 0 Å². The van der Waals surface area contributed by atoms with E-state index < -0.39 is 12.1 Å². The monoisotopic (exact) mass is 392 g/mol. The molecule has 10 nitrogen and oxygen atoms in total. The van der Waals surface area contributed by atoms with Crippen LogP contribution in [0.25, 0.3) is 33.3 Å². The highest BCUT2D eigenvalue weighted by molar-refractivity contribution is 6.16. The van der Waals surface area contributed by atoms with Gasteiger partial charge in [-0.3, -0.25) is 10.2 Å². The van der Waals surface area contributed by atoms with Gasteiger partial charge in [-0.1, -0.05) is 22.4 Å². The number of hydrogen-bond acceptors (Lipinski definition) is 4. The summed E-state index contributed by atoms with van der Waals surface area (Å²) in [5, 5.41) is 26.9. The van der Waals surface area contributed by atoms with E-state index in [1.807, 2.05) is 24.3 Å². The Morgan fingerprint density at radius 2 is 1.79 bits per heavy atom. The zero-order chi connectivity index (χ0) is 20.5. The number of aromatic nitrogens is 2. The van der Waals surface area contributed by atoms with Crippen molar-refractivity contribution in [2.45, 2.75) is 0 Å². The van der Waals surface area contributed by atoms with Gasteiger partial charge >= 0.3 is 12.1 Å². The van der Waals surface area contributed by atoms with Gasteiger partial charge in [0, 0.05) is 10.9 Å². The number of carbonyl (C=O) groups excluding carboxylic acids is 2. The maximum absolute atomic E-state index is 11.9. The molecular weight excluding hydrogens is 376 g/mol. The smallest absolute Gasteiger partial charge is 0.364 e. The van der Waals surface area contributed by atoms with E-state index in [0.29, 0.717) is 39.2 Å². The molecule has 6 N–H and O–H groups in total. The number of nitrogens with two attached hydrogens (primary N) is 1. The quantitative estimate of drug-likeness (QED) is 0.333. The van der Waals surface area contributed by atoms with Gasteiger partial charge < -0.3 is 20.9 Å². The van der Waals surface area contributed by atoms with Crippen molar-refractivity contribution in [3.63, 3.8) is 0 Å². The number of H-pyrrole nitrogens is 2. The van der Waals surface area contributed by atoms with Crippen molar-refractivity contribution < 1.29 is 19.4 Å². The lowest BCUT2D eigenvalue weighted by Gasteiger charge is -2.05. The minimum absolute atomic E-state index is 0.0129. The molecule has 1 aliphatic carbocycles. The number of azo groups is 1. The number of nitrogens with one attached hydrogen (secondary N) is 3. The molecule has 1 heterocycles. The lowest BCUT2D eigenvalue weighted by Crippen LogP contribution is -2.08. The first kappa shape index (κ1) is 18.0. The first-order chi connectivity index (χ1) is 14.0. The molecule has 146 valence electrons. The molecule has 4 rings (SSSR count). The molecule has 29 heavy (non-hydrogen) atoms.